The van der Waals surface area contributed by atoms with E-state index < -0.39 is 18.4 Å². The second-order valence-corrected chi connectivity index (χ2v) is 25.1. The molecule has 1 aromatic rings. The fourth-order valence-electron chi connectivity index (χ4n) is 5.65. The molecule has 0 N–H and O–H groups in total. The summed E-state index contributed by atoms with van der Waals surface area (Å²) in [7, 11) is 2.00. The molecule has 1 fully saturated rings. The van der Waals surface area contributed by atoms with Crippen molar-refractivity contribution in [1.29, 1.82) is 0 Å². The Morgan fingerprint density at radius 2 is 1.37 bits per heavy atom. The number of amides is 2. The minimum absolute atomic E-state index is 0.00476. The Labute approximate surface area is 190 Å². The first kappa shape index (κ1) is 25.5. The number of carbonyl (C=O) groups is 1. The van der Waals surface area contributed by atoms with Gasteiger partial charge in [0.05, 0.1) is 0 Å². The summed E-state index contributed by atoms with van der Waals surface area (Å²) in [5.41, 5.74) is 1.29. The van der Waals surface area contributed by atoms with Gasteiger partial charge in [-0.3, -0.25) is 0 Å². The van der Waals surface area contributed by atoms with Gasteiger partial charge >= 0.3 is 191 Å². The number of hydrogen-bond acceptors (Lipinski definition) is 1. The van der Waals surface area contributed by atoms with E-state index in [9.17, 15) is 4.79 Å². The van der Waals surface area contributed by atoms with Crippen LogP contribution in [0.25, 0.3) is 0 Å². The molecule has 0 unspecified atom stereocenters. The third kappa shape index (κ3) is 5.02. The van der Waals surface area contributed by atoms with Gasteiger partial charge in [0.25, 0.3) is 0 Å². The van der Waals surface area contributed by atoms with Gasteiger partial charge < -0.3 is 0 Å². The van der Waals surface area contributed by atoms with Crippen LogP contribution in [-0.4, -0.2) is 50.9 Å². The molecule has 0 spiro atoms. The molecule has 2 rings (SSSR count). The van der Waals surface area contributed by atoms with Crippen molar-refractivity contribution in [3.8, 4) is 0 Å². The van der Waals surface area contributed by atoms with Crippen LogP contribution < -0.4 is 0 Å². The van der Waals surface area contributed by atoms with Crippen molar-refractivity contribution in [2.75, 3.05) is 7.05 Å². The van der Waals surface area contributed by atoms with Crippen molar-refractivity contribution in [1.82, 2.24) is 9.80 Å². The average Bonchev–Trinajstić information content (AvgIpc) is 2.98. The Morgan fingerprint density at radius 1 is 0.900 bits per heavy atom. The number of nitrogens with zero attached hydrogens (tertiary/aromatic N) is 2. The van der Waals surface area contributed by atoms with E-state index in [4.69, 9.17) is 0 Å². The van der Waals surface area contributed by atoms with E-state index >= 15 is 0 Å². The first-order valence-corrected chi connectivity index (χ1v) is 19.9. The van der Waals surface area contributed by atoms with Crippen LogP contribution in [0.5, 0.6) is 0 Å². The summed E-state index contributed by atoms with van der Waals surface area (Å²) < 4.78 is 4.26. The molecular formula is C26H46N2OSn. The van der Waals surface area contributed by atoms with Crippen LogP contribution in [0.1, 0.15) is 91.7 Å². The second-order valence-electron chi connectivity index (χ2n) is 10.0. The normalized spacial score (nSPS) is 20.3. The number of urea groups is 1. The summed E-state index contributed by atoms with van der Waals surface area (Å²) in [6.45, 7) is 14.1. The van der Waals surface area contributed by atoms with Crippen LogP contribution in [0.4, 0.5) is 4.79 Å². The van der Waals surface area contributed by atoms with E-state index in [0.29, 0.717) is 0 Å². The molecule has 0 aliphatic carbocycles. The third-order valence-corrected chi connectivity index (χ3v) is 27.2. The van der Waals surface area contributed by atoms with Crippen LogP contribution >= 0.6 is 0 Å². The van der Waals surface area contributed by atoms with E-state index in [0.717, 1.165) is 0 Å². The minimum atomic E-state index is -2.72. The van der Waals surface area contributed by atoms with Crippen LogP contribution in [-0.2, 0) is 0 Å². The summed E-state index contributed by atoms with van der Waals surface area (Å²) in [6.07, 6.45) is 7.78. The molecule has 3 nitrogen and oxygen atoms in total. The Balaban J connectivity index is 2.57. The molecule has 1 saturated heterocycles. The molecular weight excluding hydrogens is 475 g/mol. The summed E-state index contributed by atoms with van der Waals surface area (Å²) in [6, 6.07) is 11.4. The van der Waals surface area contributed by atoms with E-state index in [-0.39, 0.29) is 21.7 Å². The van der Waals surface area contributed by atoms with Crippen molar-refractivity contribution in [2.24, 2.45) is 0 Å². The summed E-state index contributed by atoms with van der Waals surface area (Å²) in [5, 5.41) is 0. The van der Waals surface area contributed by atoms with Crippen molar-refractivity contribution in [3.63, 3.8) is 0 Å². The number of carbonyl (C=O) groups excluding carboxylic acids is 1. The van der Waals surface area contributed by atoms with Crippen molar-refractivity contribution in [2.45, 2.75) is 109 Å². The van der Waals surface area contributed by atoms with Crippen molar-refractivity contribution >= 4 is 24.4 Å². The fraction of sp³-hybridized carbons (Fsp3) is 0.731. The van der Waals surface area contributed by atoms with Crippen molar-refractivity contribution in [3.05, 3.63) is 35.9 Å². The van der Waals surface area contributed by atoms with Gasteiger partial charge in [-0.05, 0) is 0 Å². The number of benzene rings is 1. The number of rotatable bonds is 12. The van der Waals surface area contributed by atoms with E-state index in [1.165, 1.54) is 57.4 Å². The van der Waals surface area contributed by atoms with Gasteiger partial charge in [-0.25, -0.2) is 0 Å². The van der Waals surface area contributed by atoms with Gasteiger partial charge in [0, 0.05) is 0 Å². The summed E-state index contributed by atoms with van der Waals surface area (Å²) >= 11 is -2.72. The molecule has 30 heavy (non-hydrogen) atoms. The molecule has 2 amide bonds. The van der Waals surface area contributed by atoms with Gasteiger partial charge in [0.15, 0.2) is 0 Å². The maximum atomic E-state index is 13.7. The quantitative estimate of drug-likeness (QED) is 0.259. The molecule has 0 bridgehead atoms. The predicted molar refractivity (Wildman–Crippen MR) is 133 cm³/mol. The molecule has 1 heterocycles. The molecule has 2 atom stereocenters. The van der Waals surface area contributed by atoms with Crippen LogP contribution in [0.3, 0.4) is 0 Å². The van der Waals surface area contributed by atoms with Crippen LogP contribution in [0.15, 0.2) is 30.3 Å². The van der Waals surface area contributed by atoms with E-state index in [1.54, 1.807) is 0 Å². The first-order valence-electron chi connectivity index (χ1n) is 12.4. The molecule has 1 aliphatic heterocycles. The average molecular weight is 521 g/mol. The molecule has 0 aromatic heterocycles. The molecule has 4 heteroatoms. The molecule has 1 aromatic carbocycles. The zero-order valence-corrected chi connectivity index (χ0v) is 23.6. The van der Waals surface area contributed by atoms with Crippen LogP contribution in [0, 0.1) is 0 Å². The van der Waals surface area contributed by atoms with E-state index in [2.05, 4.69) is 76.8 Å². The zero-order chi connectivity index (χ0) is 22.4. The predicted octanol–water partition coefficient (Wildman–Crippen LogP) is 7.65. The van der Waals surface area contributed by atoms with Crippen molar-refractivity contribution < 1.29 is 4.79 Å². The zero-order valence-electron chi connectivity index (χ0n) is 20.7. The molecule has 170 valence electrons. The Morgan fingerprint density at radius 3 is 1.80 bits per heavy atom. The molecule has 0 radical (unpaired) electrons. The molecule has 0 saturated carbocycles. The Bertz CT molecular complexity index is 638. The van der Waals surface area contributed by atoms with Gasteiger partial charge in [-0.2, -0.15) is 0 Å². The Kier molecular flexibility index (Phi) is 9.57. The van der Waals surface area contributed by atoms with Gasteiger partial charge in [-0.1, -0.05) is 0 Å². The van der Waals surface area contributed by atoms with E-state index in [1.807, 2.05) is 11.9 Å². The number of unbranched alkanes of at least 4 members (excludes halogenated alkanes) is 3. The second kappa shape index (κ2) is 11.2. The topological polar surface area (TPSA) is 23.6 Å². The van der Waals surface area contributed by atoms with Gasteiger partial charge in [0.1, 0.15) is 0 Å². The monoisotopic (exact) mass is 522 g/mol. The van der Waals surface area contributed by atoms with Crippen LogP contribution in [0.2, 0.25) is 13.3 Å². The summed E-state index contributed by atoms with van der Waals surface area (Å²) in [4.78, 5) is 18.1. The summed E-state index contributed by atoms with van der Waals surface area (Å²) in [5.74, 6) is 0. The van der Waals surface area contributed by atoms with Gasteiger partial charge in [0.2, 0.25) is 0 Å². The number of hydrogen-bond donors (Lipinski definition) is 0. The third-order valence-electron chi connectivity index (χ3n) is 7.92. The Hall–Kier alpha value is -0.711. The molecule has 1 aliphatic rings. The fourth-order valence-corrected chi connectivity index (χ4v) is 24.0. The standard InChI is InChI=1S/C14H19N2O.3C4H9.Sn/c1-10(2)16-13(11(3)15(4)14(16)17)12-8-6-5-7-9-12;3*1-3-4-2;/h5-9,11,13H,1-4H3;3*1,3-4H2,2H3;/t11-,13-;;;;/m0..../s1. The first-order chi connectivity index (χ1) is 14.3. The SMILES string of the molecule is CCC[CH2][Sn]([CH2]CCC)([CH2]CCC)[C](C)(C)N1C(=O)N(C)[C@@H](C)[C@H]1c1ccccc1. The number of likely N-dealkylation sites (N-methyl/N-ethyl adjacent to an activating group) is 1. The van der Waals surface area contributed by atoms with Gasteiger partial charge in [-0.15, -0.1) is 0 Å². The maximum absolute atomic E-state index is 13.7.